The number of rotatable bonds is 8. The van der Waals surface area contributed by atoms with Crippen molar-refractivity contribution in [3.63, 3.8) is 0 Å². The SMILES string of the molecule is c1ccc(-c2ccc(-c3nc(-c4cccc(-c5ccccc5)c4)nc(-c4ccc(-c5ccccc5)c5sc6c(-c7ccccc7)cc(-c7ccccc7)cc6c45)n3)cc2)cc1. The molecule has 0 aliphatic carbocycles. The Balaban J connectivity index is 1.19. The summed E-state index contributed by atoms with van der Waals surface area (Å²) in [6.07, 6.45) is 0. The second-order valence-electron chi connectivity index (χ2n) is 15.2. The van der Waals surface area contributed by atoms with Crippen LogP contribution in [0.2, 0.25) is 0 Å². The van der Waals surface area contributed by atoms with Crippen LogP contribution in [0, 0.1) is 0 Å². The highest BCUT2D eigenvalue weighted by Crippen LogP contribution is 2.49. The Bertz CT molecular complexity index is 3310. The first-order valence-corrected chi connectivity index (χ1v) is 21.3. The molecule has 4 heteroatoms. The molecule has 3 nitrogen and oxygen atoms in total. The van der Waals surface area contributed by atoms with Crippen LogP contribution in [0.25, 0.3) is 110 Å². The van der Waals surface area contributed by atoms with Crippen LogP contribution in [-0.2, 0) is 0 Å². The molecule has 9 aromatic carbocycles. The first-order valence-electron chi connectivity index (χ1n) is 20.5. The third kappa shape index (κ3) is 6.99. The zero-order chi connectivity index (χ0) is 40.5. The summed E-state index contributed by atoms with van der Waals surface area (Å²) >= 11 is 1.85. The predicted octanol–water partition coefficient (Wildman–Crippen LogP) is 15.6. The van der Waals surface area contributed by atoms with Crippen LogP contribution in [0.4, 0.5) is 0 Å². The lowest BCUT2D eigenvalue weighted by molar-refractivity contribution is 1.08. The van der Waals surface area contributed by atoms with Gasteiger partial charge in [0.25, 0.3) is 0 Å². The van der Waals surface area contributed by atoms with Gasteiger partial charge in [-0.25, -0.2) is 15.0 Å². The molecule has 0 aliphatic heterocycles. The van der Waals surface area contributed by atoms with Gasteiger partial charge in [-0.1, -0.05) is 200 Å². The summed E-state index contributed by atoms with van der Waals surface area (Å²) in [6.45, 7) is 0. The van der Waals surface area contributed by atoms with E-state index < -0.39 is 0 Å². The molecule has 11 aromatic rings. The highest BCUT2D eigenvalue weighted by atomic mass is 32.1. The Morgan fingerprint density at radius 1 is 0.246 bits per heavy atom. The van der Waals surface area contributed by atoms with Gasteiger partial charge in [0.2, 0.25) is 0 Å². The smallest absolute Gasteiger partial charge is 0.164 e. The van der Waals surface area contributed by atoms with Crippen LogP contribution in [0.15, 0.2) is 224 Å². The zero-order valence-corrected chi connectivity index (χ0v) is 33.9. The zero-order valence-electron chi connectivity index (χ0n) is 33.1. The lowest BCUT2D eigenvalue weighted by Crippen LogP contribution is -2.01. The standard InChI is InChI=1S/C57H37N3S/c1-6-17-38(18-7-1)41-29-31-44(32-30-41)55-58-56(46-28-16-27-45(35-46)39-19-8-2-9-20-39)60-57(59-55)49-34-33-48(42-23-12-4-13-24-42)54-52(49)51-37-47(40-21-10-3-11-22-40)36-50(53(51)61-54)43-25-14-5-15-26-43/h1-37H. The highest BCUT2D eigenvalue weighted by Gasteiger charge is 2.22. The van der Waals surface area contributed by atoms with Crippen molar-refractivity contribution < 1.29 is 0 Å². The van der Waals surface area contributed by atoms with Crippen LogP contribution in [-0.4, -0.2) is 15.0 Å². The molecule has 0 atom stereocenters. The number of nitrogens with zero attached hydrogens (tertiary/aromatic N) is 3. The average molecular weight is 796 g/mol. The molecule has 11 rings (SSSR count). The van der Waals surface area contributed by atoms with Crippen molar-refractivity contribution in [3.05, 3.63) is 224 Å². The van der Waals surface area contributed by atoms with Gasteiger partial charge in [0, 0.05) is 42.4 Å². The first-order chi connectivity index (χ1) is 30.2. The quantitative estimate of drug-likeness (QED) is 0.154. The maximum absolute atomic E-state index is 5.38. The molecule has 0 N–H and O–H groups in total. The number of aromatic nitrogens is 3. The number of fused-ring (bicyclic) bond motifs is 3. The van der Waals surface area contributed by atoms with E-state index >= 15 is 0 Å². The summed E-state index contributed by atoms with van der Waals surface area (Å²) < 4.78 is 2.43. The molecule has 286 valence electrons. The van der Waals surface area contributed by atoms with Crippen molar-refractivity contribution in [1.82, 2.24) is 15.0 Å². The molecular weight excluding hydrogens is 759 g/mol. The number of hydrogen-bond donors (Lipinski definition) is 0. The summed E-state index contributed by atoms with van der Waals surface area (Å²) in [6, 6.07) is 79.3. The van der Waals surface area contributed by atoms with Crippen LogP contribution in [0.3, 0.4) is 0 Å². The highest BCUT2D eigenvalue weighted by molar-refractivity contribution is 7.27. The Labute approximate surface area is 359 Å². The van der Waals surface area contributed by atoms with Crippen molar-refractivity contribution in [3.8, 4) is 89.8 Å². The molecule has 0 aliphatic rings. The monoisotopic (exact) mass is 795 g/mol. The van der Waals surface area contributed by atoms with E-state index in [-0.39, 0.29) is 0 Å². The van der Waals surface area contributed by atoms with Crippen LogP contribution < -0.4 is 0 Å². The summed E-state index contributed by atoms with van der Waals surface area (Å²) in [5, 5.41) is 2.31. The average Bonchev–Trinajstić information content (AvgIpc) is 3.74. The van der Waals surface area contributed by atoms with Crippen molar-refractivity contribution in [1.29, 1.82) is 0 Å². The normalized spacial score (nSPS) is 11.3. The Kier molecular flexibility index (Phi) is 9.38. The summed E-state index contributed by atoms with van der Waals surface area (Å²) in [5.41, 5.74) is 14.4. The molecule has 0 fully saturated rings. The Morgan fingerprint density at radius 2 is 0.672 bits per heavy atom. The fraction of sp³-hybridized carbons (Fsp3) is 0. The fourth-order valence-electron chi connectivity index (χ4n) is 8.31. The first kappa shape index (κ1) is 36.3. The Hall–Kier alpha value is -7.79. The summed E-state index contributed by atoms with van der Waals surface area (Å²) in [5.74, 6) is 1.88. The largest absolute Gasteiger partial charge is 0.208 e. The minimum absolute atomic E-state index is 0.625. The van der Waals surface area contributed by atoms with E-state index in [0.29, 0.717) is 17.5 Å². The van der Waals surface area contributed by atoms with E-state index in [2.05, 4.69) is 212 Å². The minimum atomic E-state index is 0.625. The second-order valence-corrected chi connectivity index (χ2v) is 16.2. The number of benzene rings is 9. The van der Waals surface area contributed by atoms with Gasteiger partial charge >= 0.3 is 0 Å². The molecule has 0 unspecified atom stereocenters. The fourth-order valence-corrected chi connectivity index (χ4v) is 9.69. The molecule has 0 bridgehead atoms. The molecule has 0 spiro atoms. The van der Waals surface area contributed by atoms with Crippen molar-refractivity contribution in [2.45, 2.75) is 0 Å². The molecule has 0 saturated heterocycles. The molecule has 0 radical (unpaired) electrons. The van der Waals surface area contributed by atoms with E-state index in [4.69, 9.17) is 15.0 Å². The van der Waals surface area contributed by atoms with E-state index in [0.717, 1.165) is 44.3 Å². The Morgan fingerprint density at radius 3 is 1.28 bits per heavy atom. The maximum atomic E-state index is 5.38. The van der Waals surface area contributed by atoms with Gasteiger partial charge in [-0.3, -0.25) is 0 Å². The molecule has 0 amide bonds. The number of thiophene rings is 1. The van der Waals surface area contributed by atoms with Crippen LogP contribution >= 0.6 is 11.3 Å². The molecule has 2 heterocycles. The third-order valence-corrected chi connectivity index (χ3v) is 12.6. The lowest BCUT2D eigenvalue weighted by Gasteiger charge is -2.13. The van der Waals surface area contributed by atoms with Crippen LogP contribution in [0.1, 0.15) is 0 Å². The summed E-state index contributed by atoms with van der Waals surface area (Å²) in [4.78, 5) is 16.0. The maximum Gasteiger partial charge on any atom is 0.164 e. The van der Waals surface area contributed by atoms with Gasteiger partial charge in [-0.2, -0.15) is 0 Å². The van der Waals surface area contributed by atoms with E-state index in [1.165, 1.54) is 48.2 Å². The van der Waals surface area contributed by atoms with E-state index in [9.17, 15) is 0 Å². The van der Waals surface area contributed by atoms with Gasteiger partial charge in [-0.15, -0.1) is 11.3 Å². The molecule has 61 heavy (non-hydrogen) atoms. The van der Waals surface area contributed by atoms with Crippen LogP contribution in [0.5, 0.6) is 0 Å². The third-order valence-electron chi connectivity index (χ3n) is 11.4. The lowest BCUT2D eigenvalue weighted by atomic mass is 9.93. The molecule has 0 saturated carbocycles. The molecule has 2 aromatic heterocycles. The van der Waals surface area contributed by atoms with Crippen molar-refractivity contribution in [2.75, 3.05) is 0 Å². The summed E-state index contributed by atoms with van der Waals surface area (Å²) in [7, 11) is 0. The second kappa shape index (κ2) is 15.8. The van der Waals surface area contributed by atoms with E-state index in [1.807, 2.05) is 23.5 Å². The van der Waals surface area contributed by atoms with Crippen molar-refractivity contribution >= 4 is 31.5 Å². The molecular formula is C57H37N3S. The van der Waals surface area contributed by atoms with E-state index in [1.54, 1.807) is 0 Å². The van der Waals surface area contributed by atoms with Gasteiger partial charge < -0.3 is 0 Å². The number of hydrogen-bond acceptors (Lipinski definition) is 4. The van der Waals surface area contributed by atoms with Crippen molar-refractivity contribution in [2.24, 2.45) is 0 Å². The minimum Gasteiger partial charge on any atom is -0.208 e. The van der Waals surface area contributed by atoms with Gasteiger partial charge in [-0.05, 0) is 74.3 Å². The topological polar surface area (TPSA) is 38.7 Å². The van der Waals surface area contributed by atoms with Gasteiger partial charge in [0.05, 0.1) is 0 Å². The van der Waals surface area contributed by atoms with Gasteiger partial charge in [0.1, 0.15) is 0 Å². The van der Waals surface area contributed by atoms with Gasteiger partial charge in [0.15, 0.2) is 17.5 Å². The predicted molar refractivity (Wildman–Crippen MR) is 256 cm³/mol.